The lowest BCUT2D eigenvalue weighted by Crippen LogP contribution is -2.31. The average Bonchev–Trinajstić information content (AvgIpc) is 2.23. The van der Waals surface area contributed by atoms with Gasteiger partial charge in [-0.3, -0.25) is 0 Å². The topological polar surface area (TPSA) is 26.9 Å². The molecule has 1 aromatic heterocycles. The van der Waals surface area contributed by atoms with Gasteiger partial charge in [0, 0.05) is 6.07 Å². The van der Waals surface area contributed by atoms with Gasteiger partial charge in [-0.25, -0.2) is 0 Å². The number of aromatic nitrogens is 1. The van der Waals surface area contributed by atoms with Gasteiger partial charge in [0.05, 0.1) is 11.8 Å². The van der Waals surface area contributed by atoms with E-state index in [1.165, 1.54) is 0 Å². The number of nitrogens with zero attached hydrogens (tertiary/aromatic N) is 1. The highest BCUT2D eigenvalue weighted by Crippen LogP contribution is 2.15. The summed E-state index contributed by atoms with van der Waals surface area (Å²) in [5.74, 6) is 0. The summed E-state index contributed by atoms with van der Waals surface area (Å²) in [4.78, 5) is 0. The molecule has 0 atom stereocenters. The molecular formula is C12H11NO. The second kappa shape index (κ2) is 3.50. The van der Waals surface area contributed by atoms with Crippen LogP contribution in [-0.2, 0) is 6.42 Å². The fourth-order valence-electron chi connectivity index (χ4n) is 1.60. The molecule has 1 aromatic carbocycles. The molecule has 0 amide bonds. The van der Waals surface area contributed by atoms with E-state index in [-0.39, 0.29) is 0 Å². The van der Waals surface area contributed by atoms with Gasteiger partial charge in [-0.2, -0.15) is 4.73 Å². The van der Waals surface area contributed by atoms with E-state index >= 15 is 0 Å². The highest BCUT2D eigenvalue weighted by Gasteiger charge is 2.07. The second-order valence-electron chi connectivity index (χ2n) is 3.17. The van der Waals surface area contributed by atoms with Crippen molar-refractivity contribution in [1.29, 1.82) is 0 Å². The van der Waals surface area contributed by atoms with Crippen LogP contribution < -0.4 is 4.73 Å². The number of allylic oxidation sites excluding steroid dienone is 1. The Hall–Kier alpha value is -1.83. The van der Waals surface area contributed by atoms with Crippen LogP contribution in [0, 0.1) is 5.21 Å². The zero-order chi connectivity index (χ0) is 9.97. The SMILES string of the molecule is C=CCc1c2ccccc2cc[n+]1[O-]. The summed E-state index contributed by atoms with van der Waals surface area (Å²) < 4.78 is 0.907. The zero-order valence-corrected chi connectivity index (χ0v) is 7.81. The van der Waals surface area contributed by atoms with Gasteiger partial charge in [-0.05, 0) is 11.5 Å². The van der Waals surface area contributed by atoms with Gasteiger partial charge in [-0.15, -0.1) is 6.58 Å². The van der Waals surface area contributed by atoms with E-state index in [1.54, 1.807) is 12.3 Å². The molecule has 14 heavy (non-hydrogen) atoms. The first kappa shape index (κ1) is 8.75. The molecule has 0 unspecified atom stereocenters. The van der Waals surface area contributed by atoms with Crippen molar-refractivity contribution in [2.45, 2.75) is 6.42 Å². The molecule has 0 bridgehead atoms. The molecule has 0 fully saturated rings. The van der Waals surface area contributed by atoms with Crippen LogP contribution in [0.2, 0.25) is 0 Å². The monoisotopic (exact) mass is 185 g/mol. The minimum Gasteiger partial charge on any atom is -0.618 e. The smallest absolute Gasteiger partial charge is 0.204 e. The highest BCUT2D eigenvalue weighted by molar-refractivity contribution is 5.83. The molecule has 1 heterocycles. The Labute approximate surface area is 82.7 Å². The van der Waals surface area contributed by atoms with Gasteiger partial charge >= 0.3 is 0 Å². The van der Waals surface area contributed by atoms with Crippen molar-refractivity contribution >= 4 is 10.8 Å². The van der Waals surface area contributed by atoms with E-state index in [2.05, 4.69) is 6.58 Å². The van der Waals surface area contributed by atoms with Gasteiger partial charge < -0.3 is 5.21 Å². The van der Waals surface area contributed by atoms with Gasteiger partial charge in [0.1, 0.15) is 0 Å². The average molecular weight is 185 g/mol. The van der Waals surface area contributed by atoms with Crippen molar-refractivity contribution in [2.24, 2.45) is 0 Å². The Kier molecular flexibility index (Phi) is 2.19. The maximum absolute atomic E-state index is 11.5. The largest absolute Gasteiger partial charge is 0.618 e. The Morgan fingerprint density at radius 1 is 1.29 bits per heavy atom. The zero-order valence-electron chi connectivity index (χ0n) is 7.81. The minimum atomic E-state index is 0.602. The van der Waals surface area contributed by atoms with Crippen LogP contribution in [0.3, 0.4) is 0 Å². The molecule has 2 rings (SSSR count). The minimum absolute atomic E-state index is 0.602. The molecule has 0 aliphatic carbocycles. The maximum atomic E-state index is 11.5. The fraction of sp³-hybridized carbons (Fsp3) is 0.0833. The third-order valence-electron chi connectivity index (χ3n) is 2.26. The lowest BCUT2D eigenvalue weighted by Gasteiger charge is -2.05. The first-order valence-corrected chi connectivity index (χ1v) is 4.53. The van der Waals surface area contributed by atoms with Crippen molar-refractivity contribution in [2.75, 3.05) is 0 Å². The summed E-state index contributed by atoms with van der Waals surface area (Å²) in [7, 11) is 0. The molecule has 70 valence electrons. The number of hydrogen-bond donors (Lipinski definition) is 0. The van der Waals surface area contributed by atoms with Crippen molar-refractivity contribution < 1.29 is 4.73 Å². The number of fused-ring (bicyclic) bond motifs is 1. The molecule has 0 saturated heterocycles. The Balaban J connectivity index is 2.75. The molecule has 2 heteroatoms. The van der Waals surface area contributed by atoms with Gasteiger partial charge in [0.15, 0.2) is 6.20 Å². The standard InChI is InChI=1S/C12H11NO/c1-2-5-12-11-7-4-3-6-10(11)8-9-13(12)14/h2-4,6-9H,1,5H2. The molecule has 2 nitrogen and oxygen atoms in total. The third kappa shape index (κ3) is 1.35. The van der Waals surface area contributed by atoms with Gasteiger partial charge in [-0.1, -0.05) is 24.3 Å². The number of pyridine rings is 1. The van der Waals surface area contributed by atoms with Crippen LogP contribution in [0.15, 0.2) is 49.2 Å². The quantitative estimate of drug-likeness (QED) is 0.400. The van der Waals surface area contributed by atoms with Gasteiger partial charge in [0.25, 0.3) is 0 Å². The lowest BCUT2D eigenvalue weighted by atomic mass is 10.1. The molecule has 2 aromatic rings. The Bertz CT molecular complexity index is 477. The van der Waals surface area contributed by atoms with Crippen LogP contribution in [0.1, 0.15) is 5.69 Å². The molecule has 0 aliphatic rings. The summed E-state index contributed by atoms with van der Waals surface area (Å²) in [6.45, 7) is 3.65. The van der Waals surface area contributed by atoms with Crippen LogP contribution in [0.5, 0.6) is 0 Å². The van der Waals surface area contributed by atoms with Crippen molar-refractivity contribution in [3.63, 3.8) is 0 Å². The Morgan fingerprint density at radius 2 is 2.07 bits per heavy atom. The van der Waals surface area contributed by atoms with E-state index in [0.29, 0.717) is 6.42 Å². The van der Waals surface area contributed by atoms with Crippen molar-refractivity contribution in [3.05, 3.63) is 60.1 Å². The molecule has 0 radical (unpaired) electrons. The first-order chi connectivity index (χ1) is 6.83. The van der Waals surface area contributed by atoms with E-state index in [9.17, 15) is 5.21 Å². The summed E-state index contributed by atoms with van der Waals surface area (Å²) in [6, 6.07) is 9.70. The van der Waals surface area contributed by atoms with E-state index in [4.69, 9.17) is 0 Å². The fourth-order valence-corrected chi connectivity index (χ4v) is 1.60. The molecular weight excluding hydrogens is 174 g/mol. The van der Waals surface area contributed by atoms with Crippen LogP contribution in [-0.4, -0.2) is 0 Å². The van der Waals surface area contributed by atoms with Gasteiger partial charge in [0.2, 0.25) is 5.69 Å². The maximum Gasteiger partial charge on any atom is 0.204 e. The molecule has 0 aliphatic heterocycles. The number of hydrogen-bond acceptors (Lipinski definition) is 1. The summed E-state index contributed by atoms with van der Waals surface area (Å²) in [6.07, 6.45) is 3.89. The molecule has 0 saturated carbocycles. The number of rotatable bonds is 2. The molecule has 0 spiro atoms. The predicted molar refractivity (Wildman–Crippen MR) is 56.8 cm³/mol. The Morgan fingerprint density at radius 3 is 2.86 bits per heavy atom. The van der Waals surface area contributed by atoms with Crippen molar-refractivity contribution in [3.8, 4) is 0 Å². The van der Waals surface area contributed by atoms with Crippen molar-refractivity contribution in [1.82, 2.24) is 0 Å². The van der Waals surface area contributed by atoms with E-state index in [0.717, 1.165) is 21.2 Å². The third-order valence-corrected chi connectivity index (χ3v) is 2.26. The van der Waals surface area contributed by atoms with E-state index < -0.39 is 0 Å². The second-order valence-corrected chi connectivity index (χ2v) is 3.17. The van der Waals surface area contributed by atoms with Crippen LogP contribution >= 0.6 is 0 Å². The lowest BCUT2D eigenvalue weighted by molar-refractivity contribution is -0.611. The summed E-state index contributed by atoms with van der Waals surface area (Å²) >= 11 is 0. The summed E-state index contributed by atoms with van der Waals surface area (Å²) in [5, 5.41) is 13.6. The van der Waals surface area contributed by atoms with Crippen LogP contribution in [0.25, 0.3) is 10.8 Å². The van der Waals surface area contributed by atoms with Crippen LogP contribution in [0.4, 0.5) is 0 Å². The van der Waals surface area contributed by atoms with E-state index in [1.807, 2.05) is 30.3 Å². The first-order valence-electron chi connectivity index (χ1n) is 4.53. The number of benzene rings is 1. The normalized spacial score (nSPS) is 10.3. The summed E-state index contributed by atoms with van der Waals surface area (Å²) in [5.41, 5.74) is 0.762. The predicted octanol–water partition coefficient (Wildman–Crippen LogP) is 2.20. The molecule has 0 N–H and O–H groups in total. The highest BCUT2D eigenvalue weighted by atomic mass is 16.5.